The topological polar surface area (TPSA) is 66.4 Å². The molecular weight excluding hydrogens is 484 g/mol. The van der Waals surface area contributed by atoms with Gasteiger partial charge in [0.05, 0.1) is 0 Å². The molecule has 2 aliphatic carbocycles. The lowest BCUT2D eigenvalue weighted by Crippen LogP contribution is -2.62. The third-order valence-electron chi connectivity index (χ3n) is 8.51. The molecule has 0 aromatic carbocycles. The van der Waals surface area contributed by atoms with Crippen LogP contribution in [0.5, 0.6) is 0 Å². The molecule has 2 saturated carbocycles. The summed E-state index contributed by atoms with van der Waals surface area (Å²) < 4.78 is 5.71. The second-order valence-corrected chi connectivity index (χ2v) is 13.2. The lowest BCUT2D eigenvalue weighted by atomic mass is 9.79. The summed E-state index contributed by atoms with van der Waals surface area (Å²) in [5.74, 6) is 1.54. The van der Waals surface area contributed by atoms with Gasteiger partial charge in [0.2, 0.25) is 17.2 Å². The number of anilines is 2. The van der Waals surface area contributed by atoms with Gasteiger partial charge in [-0.15, -0.1) is 0 Å². The molecule has 0 amide bonds. The molecule has 0 bridgehead atoms. The van der Waals surface area contributed by atoms with E-state index in [0.717, 1.165) is 50.9 Å². The van der Waals surface area contributed by atoms with Crippen molar-refractivity contribution in [3.05, 3.63) is 5.28 Å². The van der Waals surface area contributed by atoms with Gasteiger partial charge < -0.3 is 19.9 Å². The second kappa shape index (κ2) is 12.8. The Morgan fingerprint density at radius 1 is 0.811 bits per heavy atom. The first-order chi connectivity index (χ1) is 17.7. The molecule has 0 unspecified atom stereocenters. The van der Waals surface area contributed by atoms with Crippen molar-refractivity contribution in [3.8, 4) is 0 Å². The molecule has 210 valence electrons. The van der Waals surface area contributed by atoms with Crippen LogP contribution in [0.4, 0.5) is 11.9 Å². The normalized spacial score (nSPS) is 23.2. The summed E-state index contributed by atoms with van der Waals surface area (Å²) >= 11 is 6.70. The fourth-order valence-electron chi connectivity index (χ4n) is 7.33. The van der Waals surface area contributed by atoms with Gasteiger partial charge in [-0.3, -0.25) is 0 Å². The third kappa shape index (κ3) is 7.92. The van der Waals surface area contributed by atoms with Crippen molar-refractivity contribution in [2.45, 2.75) is 147 Å². The molecule has 0 radical (unpaired) electrons. The Morgan fingerprint density at radius 2 is 1.35 bits per heavy atom. The van der Waals surface area contributed by atoms with Crippen LogP contribution in [0, 0.1) is 0 Å². The number of nitrogens with zero attached hydrogens (tertiary/aromatic N) is 5. The van der Waals surface area contributed by atoms with Crippen molar-refractivity contribution >= 4 is 23.5 Å². The number of ether oxygens (including phenoxy) is 1. The zero-order valence-corrected chi connectivity index (χ0v) is 24.8. The van der Waals surface area contributed by atoms with E-state index in [0.29, 0.717) is 23.4 Å². The number of halogens is 1. The maximum atomic E-state index is 6.70. The summed E-state index contributed by atoms with van der Waals surface area (Å²) in [4.78, 5) is 19.8. The van der Waals surface area contributed by atoms with Gasteiger partial charge in [0.25, 0.3) is 0 Å². The fourth-order valence-corrected chi connectivity index (χ4v) is 7.48. The van der Waals surface area contributed by atoms with Gasteiger partial charge in [-0.1, -0.05) is 38.5 Å². The van der Waals surface area contributed by atoms with E-state index in [-0.39, 0.29) is 11.1 Å². The highest BCUT2D eigenvalue weighted by molar-refractivity contribution is 6.28. The van der Waals surface area contributed by atoms with Gasteiger partial charge in [-0.2, -0.15) is 15.0 Å². The van der Waals surface area contributed by atoms with E-state index in [2.05, 4.69) is 49.7 Å². The number of aromatic nitrogens is 3. The van der Waals surface area contributed by atoms with Crippen LogP contribution < -0.4 is 15.1 Å². The Hall–Kier alpha value is -1.18. The SMILES string of the molecule is CCOCCCN(c1nc(Cl)nc(N(C2CCCCC2)C2CCCCC2)n1)C1CC(C)(C)NC(C)(C)C1. The summed E-state index contributed by atoms with van der Waals surface area (Å²) in [7, 11) is 0. The molecule has 0 atom stereocenters. The molecule has 1 saturated heterocycles. The minimum Gasteiger partial charge on any atom is -0.382 e. The zero-order valence-electron chi connectivity index (χ0n) is 24.1. The van der Waals surface area contributed by atoms with E-state index in [1.807, 2.05) is 0 Å². The monoisotopic (exact) mass is 534 g/mol. The van der Waals surface area contributed by atoms with Gasteiger partial charge in [0.1, 0.15) is 0 Å². The molecule has 4 rings (SSSR count). The lowest BCUT2D eigenvalue weighted by molar-refractivity contribution is 0.139. The number of nitrogens with one attached hydrogen (secondary N) is 1. The van der Waals surface area contributed by atoms with Crippen LogP contribution in [0.25, 0.3) is 0 Å². The van der Waals surface area contributed by atoms with Gasteiger partial charge in [-0.25, -0.2) is 0 Å². The van der Waals surface area contributed by atoms with Crippen molar-refractivity contribution in [1.29, 1.82) is 0 Å². The summed E-state index contributed by atoms with van der Waals surface area (Å²) in [6, 6.07) is 1.33. The molecule has 3 fully saturated rings. The van der Waals surface area contributed by atoms with Crippen LogP contribution >= 0.6 is 11.6 Å². The van der Waals surface area contributed by atoms with Gasteiger partial charge in [0.15, 0.2) is 0 Å². The number of hydrogen-bond acceptors (Lipinski definition) is 7. The number of rotatable bonds is 10. The first kappa shape index (κ1) is 28.8. The largest absolute Gasteiger partial charge is 0.382 e. The maximum absolute atomic E-state index is 6.70. The van der Waals surface area contributed by atoms with Crippen LogP contribution in [0.1, 0.15) is 118 Å². The lowest BCUT2D eigenvalue weighted by Gasteiger charge is -2.49. The Bertz CT molecular complexity index is 819. The van der Waals surface area contributed by atoms with E-state index < -0.39 is 0 Å². The Kier molecular flexibility index (Phi) is 9.96. The molecule has 2 heterocycles. The van der Waals surface area contributed by atoms with Crippen LogP contribution in [0.2, 0.25) is 5.28 Å². The van der Waals surface area contributed by atoms with Crippen LogP contribution in [0.3, 0.4) is 0 Å². The Labute approximate surface area is 230 Å². The second-order valence-electron chi connectivity index (χ2n) is 12.9. The van der Waals surface area contributed by atoms with E-state index >= 15 is 0 Å². The third-order valence-corrected chi connectivity index (χ3v) is 8.68. The molecule has 3 aliphatic rings. The first-order valence-electron chi connectivity index (χ1n) is 15.0. The van der Waals surface area contributed by atoms with Crippen LogP contribution in [-0.4, -0.2) is 63.9 Å². The van der Waals surface area contributed by atoms with Crippen LogP contribution in [0.15, 0.2) is 0 Å². The van der Waals surface area contributed by atoms with Gasteiger partial charge in [-0.05, 0) is 91.2 Å². The highest BCUT2D eigenvalue weighted by atomic mass is 35.5. The summed E-state index contributed by atoms with van der Waals surface area (Å²) in [5.41, 5.74) is 0.0565. The maximum Gasteiger partial charge on any atom is 0.231 e. The minimum atomic E-state index is 0.0282. The smallest absolute Gasteiger partial charge is 0.231 e. The number of piperidine rings is 1. The first-order valence-corrected chi connectivity index (χ1v) is 15.4. The molecule has 0 spiro atoms. The van der Waals surface area contributed by atoms with Gasteiger partial charge >= 0.3 is 0 Å². The summed E-state index contributed by atoms with van der Waals surface area (Å²) in [6.07, 6.45) is 15.8. The molecule has 1 N–H and O–H groups in total. The van der Waals surface area contributed by atoms with Crippen molar-refractivity contribution < 1.29 is 4.74 Å². The van der Waals surface area contributed by atoms with Crippen molar-refractivity contribution in [2.75, 3.05) is 29.6 Å². The summed E-state index contributed by atoms with van der Waals surface area (Å²) in [6.45, 7) is 13.6. The highest BCUT2D eigenvalue weighted by Crippen LogP contribution is 2.36. The van der Waals surface area contributed by atoms with E-state index in [9.17, 15) is 0 Å². The standard InChI is InChI=1S/C29H51ClN6O/c1-6-37-19-13-18-35(24-20-28(2,3)34-29(4,5)21-24)26-31-25(30)32-27(33-26)36(22-14-9-7-10-15-22)23-16-11-8-12-17-23/h22-24,34H,6-21H2,1-5H3. The predicted octanol–water partition coefficient (Wildman–Crippen LogP) is 6.54. The van der Waals surface area contributed by atoms with E-state index in [4.69, 9.17) is 31.3 Å². The molecule has 8 heteroatoms. The fraction of sp³-hybridized carbons (Fsp3) is 0.897. The summed E-state index contributed by atoms with van der Waals surface area (Å²) in [5, 5.41) is 4.15. The molecule has 7 nitrogen and oxygen atoms in total. The molecule has 1 aromatic rings. The molecule has 1 aliphatic heterocycles. The molecular formula is C29H51ClN6O. The average molecular weight is 535 g/mol. The zero-order chi connectivity index (χ0) is 26.5. The highest BCUT2D eigenvalue weighted by Gasteiger charge is 2.41. The quantitative estimate of drug-likeness (QED) is 0.342. The average Bonchev–Trinajstić information content (AvgIpc) is 2.83. The van der Waals surface area contributed by atoms with Crippen molar-refractivity contribution in [2.24, 2.45) is 0 Å². The minimum absolute atomic E-state index is 0.0282. The van der Waals surface area contributed by atoms with Crippen molar-refractivity contribution in [3.63, 3.8) is 0 Å². The molecule has 37 heavy (non-hydrogen) atoms. The predicted molar refractivity (Wildman–Crippen MR) is 154 cm³/mol. The van der Waals surface area contributed by atoms with Crippen LogP contribution in [-0.2, 0) is 4.74 Å². The molecule has 1 aromatic heterocycles. The van der Waals surface area contributed by atoms with E-state index in [1.165, 1.54) is 64.2 Å². The number of hydrogen-bond donors (Lipinski definition) is 1. The Balaban J connectivity index is 1.68. The van der Waals surface area contributed by atoms with Gasteiger partial charge in [0, 0.05) is 49.0 Å². The van der Waals surface area contributed by atoms with Crippen molar-refractivity contribution in [1.82, 2.24) is 20.3 Å². The van der Waals surface area contributed by atoms with E-state index in [1.54, 1.807) is 0 Å². The Morgan fingerprint density at radius 3 is 1.89 bits per heavy atom.